The number of benzene rings is 3. The summed E-state index contributed by atoms with van der Waals surface area (Å²) in [7, 11) is 4.49. The molecule has 3 heteroatoms. The van der Waals surface area contributed by atoms with Crippen LogP contribution in [0.1, 0.15) is 64.7 Å². The second kappa shape index (κ2) is 9.29. The van der Waals surface area contributed by atoms with Gasteiger partial charge in [0.2, 0.25) is 0 Å². The van der Waals surface area contributed by atoms with Crippen LogP contribution >= 0.6 is 0 Å². The highest BCUT2D eigenvalue weighted by Gasteiger charge is 2.53. The molecule has 1 fully saturated rings. The zero-order chi connectivity index (χ0) is 25.6. The van der Waals surface area contributed by atoms with E-state index in [9.17, 15) is 4.79 Å². The predicted molar refractivity (Wildman–Crippen MR) is 152 cm³/mol. The minimum Gasteiger partial charge on any atom is -0.329 e. The van der Waals surface area contributed by atoms with E-state index in [-0.39, 0.29) is 17.0 Å². The van der Waals surface area contributed by atoms with Crippen molar-refractivity contribution in [2.24, 2.45) is 0 Å². The molecule has 3 aromatic carbocycles. The molecule has 0 radical (unpaired) electrons. The van der Waals surface area contributed by atoms with Gasteiger partial charge in [0, 0.05) is 17.6 Å². The second-order valence-corrected chi connectivity index (χ2v) is 11.7. The van der Waals surface area contributed by atoms with Gasteiger partial charge < -0.3 is 9.80 Å². The third kappa shape index (κ3) is 4.05. The lowest BCUT2D eigenvalue weighted by atomic mass is 9.64. The van der Waals surface area contributed by atoms with Crippen LogP contribution in [0.25, 0.3) is 5.57 Å². The molecule has 3 nitrogen and oxygen atoms in total. The van der Waals surface area contributed by atoms with Crippen molar-refractivity contribution in [1.29, 1.82) is 0 Å². The minimum absolute atomic E-state index is 0.105. The first-order chi connectivity index (χ1) is 17.9. The van der Waals surface area contributed by atoms with Gasteiger partial charge in [0.25, 0.3) is 5.91 Å². The molecular weight excluding hydrogens is 452 g/mol. The van der Waals surface area contributed by atoms with Gasteiger partial charge in [-0.2, -0.15) is 0 Å². The van der Waals surface area contributed by atoms with E-state index in [1.165, 1.54) is 27.8 Å². The maximum atomic E-state index is 14.2. The molecule has 0 aromatic heterocycles. The van der Waals surface area contributed by atoms with E-state index in [1.54, 1.807) is 0 Å². The monoisotopic (exact) mass is 490 g/mol. The number of hydrogen-bond donors (Lipinski definition) is 0. The average molecular weight is 491 g/mol. The minimum atomic E-state index is -0.205. The highest BCUT2D eigenvalue weighted by molar-refractivity contribution is 5.96. The smallest absolute Gasteiger partial charge is 0.254 e. The normalized spacial score (nSPS) is 24.9. The lowest BCUT2D eigenvalue weighted by molar-refractivity contribution is 0.00895. The highest BCUT2D eigenvalue weighted by atomic mass is 16.2. The number of carbonyl (C=O) groups excluding carboxylic acids is 1. The fourth-order valence-electron chi connectivity index (χ4n) is 7.45. The van der Waals surface area contributed by atoms with Crippen molar-refractivity contribution in [2.45, 2.75) is 62.9 Å². The summed E-state index contributed by atoms with van der Waals surface area (Å²) in [5, 5.41) is 0. The first kappa shape index (κ1) is 24.2. The van der Waals surface area contributed by atoms with Crippen LogP contribution < -0.4 is 0 Å². The lowest BCUT2D eigenvalue weighted by Crippen LogP contribution is -2.61. The highest BCUT2D eigenvalue weighted by Crippen LogP contribution is 2.54. The van der Waals surface area contributed by atoms with E-state index in [2.05, 4.69) is 97.5 Å². The molecule has 1 amide bonds. The summed E-state index contributed by atoms with van der Waals surface area (Å²) in [5.41, 5.74) is 9.17. The summed E-state index contributed by atoms with van der Waals surface area (Å²) in [5.74, 6) is 0.201. The number of carbonyl (C=O) groups is 1. The van der Waals surface area contributed by atoms with Crippen LogP contribution in [0.5, 0.6) is 0 Å². The summed E-state index contributed by atoms with van der Waals surface area (Å²) in [6.07, 6.45) is 7.18. The molecule has 6 rings (SSSR count). The van der Waals surface area contributed by atoms with E-state index in [0.717, 1.165) is 62.6 Å². The topological polar surface area (TPSA) is 23.6 Å². The first-order valence-electron chi connectivity index (χ1n) is 13.8. The molecule has 1 saturated carbocycles. The van der Waals surface area contributed by atoms with Crippen LogP contribution in [-0.2, 0) is 12.8 Å². The number of fused-ring (bicyclic) bond motifs is 3. The van der Waals surface area contributed by atoms with Gasteiger partial charge in [-0.15, -0.1) is 0 Å². The Kier molecular flexibility index (Phi) is 6.07. The van der Waals surface area contributed by atoms with E-state index in [4.69, 9.17) is 0 Å². The molecule has 0 unspecified atom stereocenters. The number of rotatable bonds is 4. The Morgan fingerprint density at radius 1 is 0.892 bits per heavy atom. The molecule has 0 atom stereocenters. The maximum Gasteiger partial charge on any atom is 0.254 e. The van der Waals surface area contributed by atoms with Crippen LogP contribution in [0, 0.1) is 6.92 Å². The van der Waals surface area contributed by atoms with Gasteiger partial charge >= 0.3 is 0 Å². The fraction of sp³-hybridized carbons (Fsp3) is 0.382. The van der Waals surface area contributed by atoms with E-state index < -0.39 is 0 Å². The third-order valence-electron chi connectivity index (χ3n) is 9.58. The quantitative estimate of drug-likeness (QED) is 0.406. The van der Waals surface area contributed by atoms with E-state index >= 15 is 0 Å². The summed E-state index contributed by atoms with van der Waals surface area (Å²) >= 11 is 0. The zero-order valence-electron chi connectivity index (χ0n) is 22.5. The average Bonchev–Trinajstić information content (AvgIpc) is 3.30. The van der Waals surface area contributed by atoms with Crippen molar-refractivity contribution in [1.82, 2.24) is 9.80 Å². The van der Waals surface area contributed by atoms with Crippen molar-refractivity contribution < 1.29 is 4.79 Å². The summed E-state index contributed by atoms with van der Waals surface area (Å²) < 4.78 is 0. The Morgan fingerprint density at radius 2 is 1.62 bits per heavy atom. The molecule has 1 aliphatic heterocycles. The molecule has 2 aliphatic carbocycles. The predicted octanol–water partition coefficient (Wildman–Crippen LogP) is 6.71. The number of amides is 1. The van der Waals surface area contributed by atoms with Crippen molar-refractivity contribution in [3.05, 3.63) is 112 Å². The maximum absolute atomic E-state index is 14.2. The molecular formula is C34H38N2O. The molecule has 0 bridgehead atoms. The summed E-state index contributed by atoms with van der Waals surface area (Å²) in [6, 6.07) is 28.0. The molecule has 1 heterocycles. The van der Waals surface area contributed by atoms with Gasteiger partial charge in [-0.3, -0.25) is 4.79 Å². The van der Waals surface area contributed by atoms with E-state index in [1.807, 2.05) is 12.1 Å². The van der Waals surface area contributed by atoms with Crippen molar-refractivity contribution in [3.63, 3.8) is 0 Å². The molecule has 0 N–H and O–H groups in total. The zero-order valence-corrected chi connectivity index (χ0v) is 22.5. The van der Waals surface area contributed by atoms with Crippen molar-refractivity contribution >= 4 is 11.5 Å². The SMILES string of the molecule is Cc1cccc(C(=O)N2CCC3=C(Cc4ccccc43)C23CCC(Cc2ccccc2)(N(C)C)CC3)c1. The van der Waals surface area contributed by atoms with Crippen LogP contribution in [0.4, 0.5) is 0 Å². The van der Waals surface area contributed by atoms with Crippen LogP contribution in [0.2, 0.25) is 0 Å². The Hall–Kier alpha value is -3.17. The van der Waals surface area contributed by atoms with Gasteiger partial charge in [0.05, 0.1) is 5.54 Å². The number of hydrogen-bond acceptors (Lipinski definition) is 2. The summed E-state index contributed by atoms with van der Waals surface area (Å²) in [6.45, 7) is 2.88. The van der Waals surface area contributed by atoms with Gasteiger partial charge in [-0.05, 0) is 106 Å². The fourth-order valence-corrected chi connectivity index (χ4v) is 7.45. The number of aryl methyl sites for hydroxylation is 1. The largest absolute Gasteiger partial charge is 0.329 e. The van der Waals surface area contributed by atoms with Crippen molar-refractivity contribution in [3.8, 4) is 0 Å². The van der Waals surface area contributed by atoms with Gasteiger partial charge in [0.1, 0.15) is 0 Å². The Balaban J connectivity index is 1.39. The van der Waals surface area contributed by atoms with E-state index in [0.29, 0.717) is 0 Å². The first-order valence-corrected chi connectivity index (χ1v) is 13.8. The van der Waals surface area contributed by atoms with Crippen LogP contribution in [0.15, 0.2) is 84.4 Å². The number of likely N-dealkylation sites (N-methyl/N-ethyl adjacent to an activating group) is 1. The molecule has 0 saturated heterocycles. The van der Waals surface area contributed by atoms with Gasteiger partial charge in [-0.1, -0.05) is 72.3 Å². The summed E-state index contributed by atoms with van der Waals surface area (Å²) in [4.78, 5) is 18.9. The standard InChI is InChI=1S/C34H38N2O/c1-25-10-9-14-28(22-25)32(37)36-21-16-30-29-15-8-7-13-27(29)23-31(30)34(36)19-17-33(18-20-34,35(2)3)24-26-11-5-4-6-12-26/h4-15,22H,16-21,23-24H2,1-3H3. The Labute approximate surface area is 221 Å². The number of nitrogens with zero attached hydrogens (tertiary/aromatic N) is 2. The van der Waals surface area contributed by atoms with Crippen molar-refractivity contribution in [2.75, 3.05) is 20.6 Å². The molecule has 190 valence electrons. The molecule has 37 heavy (non-hydrogen) atoms. The Bertz CT molecular complexity index is 1340. The second-order valence-electron chi connectivity index (χ2n) is 11.7. The lowest BCUT2D eigenvalue weighted by Gasteiger charge is -2.56. The van der Waals surface area contributed by atoms with Gasteiger partial charge in [0.15, 0.2) is 0 Å². The van der Waals surface area contributed by atoms with Crippen LogP contribution in [-0.4, -0.2) is 47.4 Å². The third-order valence-corrected chi connectivity index (χ3v) is 9.58. The Morgan fingerprint density at radius 3 is 2.35 bits per heavy atom. The molecule has 3 aromatic rings. The van der Waals surface area contributed by atoms with Gasteiger partial charge in [-0.25, -0.2) is 0 Å². The molecule has 1 spiro atoms. The molecule has 3 aliphatic rings. The van der Waals surface area contributed by atoms with Crippen LogP contribution in [0.3, 0.4) is 0 Å².